The standard InChI is InChI=1S/C25H25FN6/c1-15(2)32-16(3)21-10-5-4-7-17(21)12-20(32)13-29-25-22(24(28)30-14-31-25)23(27)18-8-6-9-19(26)11-18/h4-12,14-15,27H,3,13H2,1-2H3,(H3,28,29,30,31). The van der Waals surface area contributed by atoms with Gasteiger partial charge in [0.15, 0.2) is 0 Å². The lowest BCUT2D eigenvalue weighted by molar-refractivity contribution is 0.403. The fourth-order valence-electron chi connectivity index (χ4n) is 3.96. The summed E-state index contributed by atoms with van der Waals surface area (Å²) >= 11 is 0. The highest BCUT2D eigenvalue weighted by Crippen LogP contribution is 2.34. The van der Waals surface area contributed by atoms with Gasteiger partial charge >= 0.3 is 0 Å². The molecule has 32 heavy (non-hydrogen) atoms. The van der Waals surface area contributed by atoms with E-state index < -0.39 is 5.82 Å². The number of aromatic nitrogens is 2. The molecule has 0 aliphatic carbocycles. The minimum atomic E-state index is -0.422. The maximum absolute atomic E-state index is 13.7. The Morgan fingerprint density at radius 3 is 2.72 bits per heavy atom. The van der Waals surface area contributed by atoms with E-state index in [1.165, 1.54) is 18.5 Å². The molecule has 0 amide bonds. The van der Waals surface area contributed by atoms with Crippen LogP contribution in [0.5, 0.6) is 0 Å². The van der Waals surface area contributed by atoms with Crippen molar-refractivity contribution in [2.24, 2.45) is 0 Å². The highest BCUT2D eigenvalue weighted by Gasteiger charge is 2.24. The zero-order valence-electron chi connectivity index (χ0n) is 18.1. The molecule has 1 aromatic heterocycles. The summed E-state index contributed by atoms with van der Waals surface area (Å²) in [5.41, 5.74) is 11.0. The topological polar surface area (TPSA) is 90.9 Å². The molecule has 6 nitrogen and oxygen atoms in total. The zero-order valence-corrected chi connectivity index (χ0v) is 18.1. The lowest BCUT2D eigenvalue weighted by atomic mass is 9.97. The average Bonchev–Trinajstić information content (AvgIpc) is 2.77. The molecule has 3 aromatic rings. The first-order valence-corrected chi connectivity index (χ1v) is 10.3. The van der Waals surface area contributed by atoms with Gasteiger partial charge in [-0.1, -0.05) is 43.0 Å². The Bertz CT molecular complexity index is 1230. The third-order valence-corrected chi connectivity index (χ3v) is 5.39. The quantitative estimate of drug-likeness (QED) is 0.493. The number of nitrogens with one attached hydrogen (secondary N) is 2. The molecule has 0 spiro atoms. The summed E-state index contributed by atoms with van der Waals surface area (Å²) in [7, 11) is 0. The third-order valence-electron chi connectivity index (χ3n) is 5.39. The number of halogens is 1. The molecule has 2 aromatic carbocycles. The van der Waals surface area contributed by atoms with Gasteiger partial charge in [-0.15, -0.1) is 0 Å². The van der Waals surface area contributed by atoms with E-state index in [4.69, 9.17) is 11.1 Å². The molecular formula is C25H25FN6. The molecule has 0 radical (unpaired) electrons. The van der Waals surface area contributed by atoms with Crippen LogP contribution in [-0.4, -0.2) is 33.2 Å². The second-order valence-electron chi connectivity index (χ2n) is 7.85. The van der Waals surface area contributed by atoms with Crippen molar-refractivity contribution in [3.8, 4) is 0 Å². The first kappa shape index (κ1) is 21.2. The second kappa shape index (κ2) is 8.63. The summed E-state index contributed by atoms with van der Waals surface area (Å²) < 4.78 is 13.7. The van der Waals surface area contributed by atoms with Crippen LogP contribution in [0, 0.1) is 11.2 Å². The molecule has 7 heteroatoms. The summed E-state index contributed by atoms with van der Waals surface area (Å²) in [5, 5.41) is 11.9. The van der Waals surface area contributed by atoms with Gasteiger partial charge in [-0.05, 0) is 37.6 Å². The van der Waals surface area contributed by atoms with Crippen molar-refractivity contribution in [1.82, 2.24) is 14.9 Å². The normalized spacial score (nSPS) is 13.1. The molecule has 0 atom stereocenters. The van der Waals surface area contributed by atoms with Crippen LogP contribution < -0.4 is 11.1 Å². The lowest BCUT2D eigenvalue weighted by Gasteiger charge is -2.37. The molecule has 0 saturated carbocycles. The van der Waals surface area contributed by atoms with Crippen LogP contribution in [-0.2, 0) is 0 Å². The molecule has 2 heterocycles. The van der Waals surface area contributed by atoms with Gasteiger partial charge in [0.25, 0.3) is 0 Å². The van der Waals surface area contributed by atoms with E-state index in [1.807, 2.05) is 12.1 Å². The number of nitrogens with zero attached hydrogens (tertiary/aromatic N) is 3. The van der Waals surface area contributed by atoms with E-state index in [-0.39, 0.29) is 17.6 Å². The molecule has 0 unspecified atom stereocenters. The van der Waals surface area contributed by atoms with Crippen LogP contribution >= 0.6 is 0 Å². The number of hydrogen-bond donors (Lipinski definition) is 3. The Hall–Kier alpha value is -4.00. The number of anilines is 2. The predicted molar refractivity (Wildman–Crippen MR) is 128 cm³/mol. The van der Waals surface area contributed by atoms with E-state index in [9.17, 15) is 4.39 Å². The average molecular weight is 429 g/mol. The predicted octanol–water partition coefficient (Wildman–Crippen LogP) is 4.76. The Balaban J connectivity index is 1.67. The monoisotopic (exact) mass is 428 g/mol. The molecule has 4 rings (SSSR count). The largest absolute Gasteiger partial charge is 0.383 e. The van der Waals surface area contributed by atoms with Gasteiger partial charge in [0.2, 0.25) is 0 Å². The molecule has 162 valence electrons. The summed E-state index contributed by atoms with van der Waals surface area (Å²) in [6.07, 6.45) is 3.48. The Morgan fingerprint density at radius 2 is 1.97 bits per heavy atom. The first-order valence-electron chi connectivity index (χ1n) is 10.3. The molecule has 0 bridgehead atoms. The summed E-state index contributed by atoms with van der Waals surface area (Å²) in [6, 6.07) is 14.2. The number of nitrogen functional groups attached to an aromatic ring is 1. The lowest BCUT2D eigenvalue weighted by Crippen LogP contribution is -2.33. The van der Waals surface area contributed by atoms with Gasteiger partial charge in [0, 0.05) is 28.6 Å². The molecule has 1 aliphatic rings. The smallest absolute Gasteiger partial charge is 0.141 e. The van der Waals surface area contributed by atoms with E-state index in [0.29, 0.717) is 23.5 Å². The van der Waals surface area contributed by atoms with Gasteiger partial charge in [0.1, 0.15) is 23.8 Å². The van der Waals surface area contributed by atoms with Crippen LogP contribution in [0.3, 0.4) is 0 Å². The minimum Gasteiger partial charge on any atom is -0.383 e. The third kappa shape index (κ3) is 3.97. The number of nitrogens with two attached hydrogens (primary N) is 1. The van der Waals surface area contributed by atoms with E-state index in [2.05, 4.69) is 58.8 Å². The van der Waals surface area contributed by atoms with Gasteiger partial charge in [-0.3, -0.25) is 5.41 Å². The van der Waals surface area contributed by atoms with Crippen LogP contribution in [0.2, 0.25) is 0 Å². The Kier molecular flexibility index (Phi) is 5.73. The maximum Gasteiger partial charge on any atom is 0.141 e. The minimum absolute atomic E-state index is 0.0539. The number of fused-ring (bicyclic) bond motifs is 1. The molecule has 0 fully saturated rings. The van der Waals surface area contributed by atoms with Crippen molar-refractivity contribution in [2.75, 3.05) is 17.6 Å². The van der Waals surface area contributed by atoms with Gasteiger partial charge < -0.3 is 16.0 Å². The van der Waals surface area contributed by atoms with Crippen molar-refractivity contribution in [3.63, 3.8) is 0 Å². The van der Waals surface area contributed by atoms with Crippen LogP contribution in [0.25, 0.3) is 11.8 Å². The Morgan fingerprint density at radius 1 is 1.19 bits per heavy atom. The van der Waals surface area contributed by atoms with Crippen LogP contribution in [0.15, 0.2) is 67.1 Å². The molecular weight excluding hydrogens is 403 g/mol. The Labute approximate surface area is 186 Å². The second-order valence-corrected chi connectivity index (χ2v) is 7.85. The fourth-order valence-corrected chi connectivity index (χ4v) is 3.96. The molecule has 1 aliphatic heterocycles. The highest BCUT2D eigenvalue weighted by molar-refractivity contribution is 6.16. The summed E-state index contributed by atoms with van der Waals surface area (Å²) in [4.78, 5) is 10.5. The van der Waals surface area contributed by atoms with E-state index in [0.717, 1.165) is 22.5 Å². The van der Waals surface area contributed by atoms with Crippen molar-refractivity contribution >= 4 is 29.1 Å². The van der Waals surface area contributed by atoms with Gasteiger partial charge in [-0.2, -0.15) is 0 Å². The van der Waals surface area contributed by atoms with Crippen molar-refractivity contribution in [1.29, 1.82) is 5.41 Å². The van der Waals surface area contributed by atoms with Crippen molar-refractivity contribution < 1.29 is 4.39 Å². The van der Waals surface area contributed by atoms with Gasteiger partial charge in [0.05, 0.1) is 17.8 Å². The van der Waals surface area contributed by atoms with Crippen molar-refractivity contribution in [2.45, 2.75) is 19.9 Å². The van der Waals surface area contributed by atoms with Crippen LogP contribution in [0.4, 0.5) is 16.0 Å². The van der Waals surface area contributed by atoms with Crippen molar-refractivity contribution in [3.05, 3.63) is 95.2 Å². The zero-order chi connectivity index (χ0) is 22.8. The summed E-state index contributed by atoms with van der Waals surface area (Å²) in [5.74, 6) is 0.153. The SMILES string of the molecule is C=C1c2ccccc2C=C(CNc2ncnc(N)c2C(=N)c2cccc(F)c2)N1C(C)C. The van der Waals surface area contributed by atoms with E-state index in [1.54, 1.807) is 12.1 Å². The summed E-state index contributed by atoms with van der Waals surface area (Å²) in [6.45, 7) is 8.97. The fraction of sp³-hybridized carbons (Fsp3) is 0.160. The van der Waals surface area contributed by atoms with E-state index >= 15 is 0 Å². The highest BCUT2D eigenvalue weighted by atomic mass is 19.1. The first-order chi connectivity index (χ1) is 15.4. The number of rotatable bonds is 6. The number of benzene rings is 2. The van der Waals surface area contributed by atoms with Gasteiger partial charge in [-0.25, -0.2) is 14.4 Å². The van der Waals surface area contributed by atoms with Crippen LogP contribution in [0.1, 0.15) is 36.1 Å². The maximum atomic E-state index is 13.7. The molecule has 4 N–H and O–H groups in total. The molecule has 0 saturated heterocycles. The number of hydrogen-bond acceptors (Lipinski definition) is 6.